The van der Waals surface area contributed by atoms with Crippen LogP contribution in [0.4, 0.5) is 5.69 Å². The van der Waals surface area contributed by atoms with Crippen LogP contribution >= 0.6 is 0 Å². The van der Waals surface area contributed by atoms with E-state index in [9.17, 15) is 9.59 Å². The lowest BCUT2D eigenvalue weighted by atomic mass is 9.94. The number of carbonyl (C=O) groups excluding carboxylic acids is 2. The molecular formula is C29H33N3O4. The Balaban J connectivity index is 1.86. The first-order chi connectivity index (χ1) is 17.5. The third-order valence-electron chi connectivity index (χ3n) is 6.61. The van der Waals surface area contributed by atoms with Crippen molar-refractivity contribution in [3.8, 4) is 11.5 Å². The molecule has 1 aliphatic carbocycles. The molecule has 36 heavy (non-hydrogen) atoms. The van der Waals surface area contributed by atoms with E-state index < -0.39 is 6.04 Å². The second kappa shape index (κ2) is 11.7. The Kier molecular flexibility index (Phi) is 8.21. The number of ether oxygens (including phenoxy) is 2. The Hall–Kier alpha value is -3.87. The van der Waals surface area contributed by atoms with Crippen LogP contribution < -0.4 is 19.7 Å². The quantitative estimate of drug-likeness (QED) is 0.470. The van der Waals surface area contributed by atoms with Crippen LogP contribution in [0.3, 0.4) is 0 Å². The summed E-state index contributed by atoms with van der Waals surface area (Å²) < 4.78 is 11.1. The predicted molar refractivity (Wildman–Crippen MR) is 140 cm³/mol. The third kappa shape index (κ3) is 5.67. The van der Waals surface area contributed by atoms with Gasteiger partial charge in [0.15, 0.2) is 0 Å². The number of aryl methyl sites for hydroxylation is 1. The fourth-order valence-electron chi connectivity index (χ4n) is 4.67. The average molecular weight is 488 g/mol. The van der Waals surface area contributed by atoms with Crippen LogP contribution in [0, 0.1) is 6.92 Å². The molecule has 188 valence electrons. The van der Waals surface area contributed by atoms with E-state index in [0.29, 0.717) is 22.7 Å². The van der Waals surface area contributed by atoms with E-state index >= 15 is 0 Å². The summed E-state index contributed by atoms with van der Waals surface area (Å²) in [6, 6.07) is 17.1. The van der Waals surface area contributed by atoms with Crippen molar-refractivity contribution in [2.45, 2.75) is 51.1 Å². The molecule has 0 aliphatic heterocycles. The topological polar surface area (TPSA) is 80.8 Å². The zero-order valence-corrected chi connectivity index (χ0v) is 21.1. The van der Waals surface area contributed by atoms with E-state index in [4.69, 9.17) is 9.47 Å². The van der Waals surface area contributed by atoms with Crippen molar-refractivity contribution in [1.82, 2.24) is 10.3 Å². The number of nitrogens with one attached hydrogen (secondary N) is 1. The number of carbonyl (C=O) groups is 2. The molecule has 1 fully saturated rings. The van der Waals surface area contributed by atoms with Crippen molar-refractivity contribution in [3.63, 3.8) is 0 Å². The van der Waals surface area contributed by atoms with Gasteiger partial charge in [-0.3, -0.25) is 19.5 Å². The first-order valence-corrected chi connectivity index (χ1v) is 12.4. The maximum atomic E-state index is 14.0. The standard InChI is InChI=1S/C29H33N3O4/c1-20-12-14-22(15-13-20)32(29(34)25-11-7-8-18-30-25)27(28(33)31-21-9-5-4-6-10-21)24-17-16-23(35-2)19-26(24)36-3/h7-8,11-19,21,27H,4-6,9-10H2,1-3H3,(H,31,33)/t27-/m1/s1. The van der Waals surface area contributed by atoms with Crippen molar-refractivity contribution in [3.05, 3.63) is 83.7 Å². The second-order valence-electron chi connectivity index (χ2n) is 9.08. The van der Waals surface area contributed by atoms with Crippen LogP contribution in [-0.2, 0) is 4.79 Å². The average Bonchev–Trinajstić information content (AvgIpc) is 2.92. The van der Waals surface area contributed by atoms with Gasteiger partial charge in [-0.2, -0.15) is 0 Å². The fourth-order valence-corrected chi connectivity index (χ4v) is 4.67. The molecule has 1 N–H and O–H groups in total. The minimum atomic E-state index is -0.981. The number of anilines is 1. The van der Waals surface area contributed by atoms with Gasteiger partial charge < -0.3 is 14.8 Å². The van der Waals surface area contributed by atoms with Gasteiger partial charge in [-0.05, 0) is 56.2 Å². The number of hydrogen-bond acceptors (Lipinski definition) is 5. The van der Waals surface area contributed by atoms with Crippen molar-refractivity contribution in [1.29, 1.82) is 0 Å². The number of rotatable bonds is 8. The van der Waals surface area contributed by atoms with Gasteiger partial charge in [-0.1, -0.05) is 43.0 Å². The summed E-state index contributed by atoms with van der Waals surface area (Å²) in [5, 5.41) is 3.23. The van der Waals surface area contributed by atoms with Gasteiger partial charge >= 0.3 is 0 Å². The largest absolute Gasteiger partial charge is 0.497 e. The van der Waals surface area contributed by atoms with Crippen molar-refractivity contribution >= 4 is 17.5 Å². The Morgan fingerprint density at radius 3 is 2.36 bits per heavy atom. The van der Waals surface area contributed by atoms with Gasteiger partial charge in [-0.25, -0.2) is 0 Å². The summed E-state index contributed by atoms with van der Waals surface area (Å²) in [5.41, 5.74) is 2.46. The summed E-state index contributed by atoms with van der Waals surface area (Å²) in [6.07, 6.45) is 6.77. The normalized spacial score (nSPS) is 14.5. The van der Waals surface area contributed by atoms with Crippen LogP contribution in [0.1, 0.15) is 59.8 Å². The Morgan fingerprint density at radius 1 is 0.972 bits per heavy atom. The number of methoxy groups -OCH3 is 2. The van der Waals surface area contributed by atoms with Crippen LogP contribution in [0.2, 0.25) is 0 Å². The molecule has 7 nitrogen and oxygen atoms in total. The molecule has 0 radical (unpaired) electrons. The van der Waals surface area contributed by atoms with Crippen LogP contribution in [0.25, 0.3) is 0 Å². The zero-order chi connectivity index (χ0) is 25.5. The Bertz CT molecular complexity index is 1170. The Morgan fingerprint density at radius 2 is 1.72 bits per heavy atom. The molecule has 1 aliphatic rings. The summed E-state index contributed by atoms with van der Waals surface area (Å²) in [6.45, 7) is 1.98. The van der Waals surface area contributed by atoms with Gasteiger partial charge in [0.05, 0.1) is 14.2 Å². The van der Waals surface area contributed by atoms with E-state index in [2.05, 4.69) is 10.3 Å². The van der Waals surface area contributed by atoms with E-state index in [-0.39, 0.29) is 23.6 Å². The second-order valence-corrected chi connectivity index (χ2v) is 9.08. The molecule has 1 aromatic heterocycles. The number of benzene rings is 2. The summed E-state index contributed by atoms with van der Waals surface area (Å²) in [7, 11) is 3.12. The van der Waals surface area contributed by atoms with Crippen LogP contribution in [0.15, 0.2) is 66.9 Å². The van der Waals surface area contributed by atoms with Crippen molar-refractivity contribution < 1.29 is 19.1 Å². The molecule has 2 aromatic carbocycles. The highest BCUT2D eigenvalue weighted by atomic mass is 16.5. The highest BCUT2D eigenvalue weighted by molar-refractivity contribution is 6.09. The molecule has 3 aromatic rings. The molecule has 1 saturated carbocycles. The highest BCUT2D eigenvalue weighted by Gasteiger charge is 2.37. The van der Waals surface area contributed by atoms with E-state index in [0.717, 1.165) is 31.2 Å². The maximum Gasteiger partial charge on any atom is 0.277 e. The molecule has 0 unspecified atom stereocenters. The highest BCUT2D eigenvalue weighted by Crippen LogP contribution is 2.37. The van der Waals surface area contributed by atoms with Crippen molar-refractivity contribution in [2.75, 3.05) is 19.1 Å². The molecular weight excluding hydrogens is 454 g/mol. The molecule has 2 amide bonds. The first-order valence-electron chi connectivity index (χ1n) is 12.4. The number of nitrogens with zero attached hydrogens (tertiary/aromatic N) is 2. The van der Waals surface area contributed by atoms with Gasteiger partial charge in [0.1, 0.15) is 23.2 Å². The van der Waals surface area contributed by atoms with Crippen molar-refractivity contribution in [2.24, 2.45) is 0 Å². The SMILES string of the molecule is COc1ccc([C@H](C(=O)NC2CCCCC2)N(C(=O)c2ccccn2)c2ccc(C)cc2)c(OC)c1. The van der Waals surface area contributed by atoms with Gasteiger partial charge in [0.25, 0.3) is 5.91 Å². The summed E-state index contributed by atoms with van der Waals surface area (Å²) in [5.74, 6) is 0.431. The molecule has 1 atom stereocenters. The summed E-state index contributed by atoms with van der Waals surface area (Å²) in [4.78, 5) is 33.8. The summed E-state index contributed by atoms with van der Waals surface area (Å²) >= 11 is 0. The van der Waals surface area contributed by atoms with E-state index in [1.165, 1.54) is 11.3 Å². The molecule has 7 heteroatoms. The minimum Gasteiger partial charge on any atom is -0.497 e. The lowest BCUT2D eigenvalue weighted by Crippen LogP contribution is -2.47. The van der Waals surface area contributed by atoms with Crippen LogP contribution in [0.5, 0.6) is 11.5 Å². The zero-order valence-electron chi connectivity index (χ0n) is 21.1. The van der Waals surface area contributed by atoms with Gasteiger partial charge in [0.2, 0.25) is 5.91 Å². The fraction of sp³-hybridized carbons (Fsp3) is 0.345. The molecule has 0 saturated heterocycles. The number of aromatic nitrogens is 1. The predicted octanol–water partition coefficient (Wildman–Crippen LogP) is 5.24. The number of amides is 2. The number of pyridine rings is 1. The lowest BCUT2D eigenvalue weighted by molar-refractivity contribution is -0.123. The smallest absolute Gasteiger partial charge is 0.277 e. The van der Waals surface area contributed by atoms with Gasteiger partial charge in [0, 0.05) is 29.6 Å². The Labute approximate surface area is 212 Å². The monoisotopic (exact) mass is 487 g/mol. The third-order valence-corrected chi connectivity index (χ3v) is 6.61. The molecule has 4 rings (SSSR count). The van der Waals surface area contributed by atoms with E-state index in [1.54, 1.807) is 56.8 Å². The molecule has 0 spiro atoms. The molecule has 0 bridgehead atoms. The lowest BCUT2D eigenvalue weighted by Gasteiger charge is -2.34. The van der Waals surface area contributed by atoms with Crippen LogP contribution in [-0.4, -0.2) is 37.1 Å². The number of hydrogen-bond donors (Lipinski definition) is 1. The first kappa shape index (κ1) is 25.2. The minimum absolute atomic E-state index is 0.0720. The van der Waals surface area contributed by atoms with Gasteiger partial charge in [-0.15, -0.1) is 0 Å². The van der Waals surface area contributed by atoms with E-state index in [1.807, 2.05) is 31.2 Å². The molecule has 1 heterocycles. The maximum absolute atomic E-state index is 14.0.